The van der Waals surface area contributed by atoms with E-state index in [1.165, 1.54) is 0 Å². The van der Waals surface area contributed by atoms with Gasteiger partial charge in [-0.2, -0.15) is 0 Å². The Kier molecular flexibility index (Phi) is 5.26. The summed E-state index contributed by atoms with van der Waals surface area (Å²) in [6.45, 7) is 10.0. The van der Waals surface area contributed by atoms with Crippen LogP contribution in [0.15, 0.2) is 23.3 Å². The van der Waals surface area contributed by atoms with E-state index in [-0.39, 0.29) is 11.6 Å². The predicted octanol–water partition coefficient (Wildman–Crippen LogP) is 1.95. The van der Waals surface area contributed by atoms with Gasteiger partial charge in [0.25, 0.3) is 5.56 Å². The lowest BCUT2D eigenvalue weighted by atomic mass is 10.1. The summed E-state index contributed by atoms with van der Waals surface area (Å²) in [6.07, 6.45) is 5.41. The van der Waals surface area contributed by atoms with Gasteiger partial charge in [-0.25, -0.2) is 4.98 Å². The molecule has 1 aliphatic rings. The van der Waals surface area contributed by atoms with Crippen molar-refractivity contribution in [3.63, 3.8) is 0 Å². The van der Waals surface area contributed by atoms with Crippen LogP contribution in [0.1, 0.15) is 45.5 Å². The van der Waals surface area contributed by atoms with Crippen LogP contribution in [0.5, 0.6) is 0 Å². The number of pyridine rings is 1. The smallest absolute Gasteiger partial charge is 0.262 e. The largest absolute Gasteiger partial charge is 0.312 e. The van der Waals surface area contributed by atoms with Crippen molar-refractivity contribution >= 4 is 10.9 Å². The van der Waals surface area contributed by atoms with Gasteiger partial charge in [-0.15, -0.1) is 0 Å². The first-order valence-corrected chi connectivity index (χ1v) is 8.97. The summed E-state index contributed by atoms with van der Waals surface area (Å²) in [5.74, 6) is 0.900. The number of rotatable bonds is 5. The molecule has 24 heavy (non-hydrogen) atoms. The number of nitrogens with zero attached hydrogens (tertiary/aromatic N) is 4. The highest BCUT2D eigenvalue weighted by Crippen LogP contribution is 2.26. The monoisotopic (exact) mass is 329 g/mol. The lowest BCUT2D eigenvalue weighted by molar-refractivity contribution is 0.132. The zero-order valence-electron chi connectivity index (χ0n) is 14.8. The van der Waals surface area contributed by atoms with E-state index in [0.717, 1.165) is 43.8 Å². The van der Waals surface area contributed by atoms with Gasteiger partial charge in [0, 0.05) is 44.6 Å². The zero-order chi connectivity index (χ0) is 17.1. The van der Waals surface area contributed by atoms with Gasteiger partial charge in [-0.3, -0.25) is 19.2 Å². The second kappa shape index (κ2) is 7.40. The van der Waals surface area contributed by atoms with E-state index in [1.807, 2.05) is 17.6 Å². The number of aromatic nitrogens is 3. The van der Waals surface area contributed by atoms with Crippen molar-refractivity contribution in [2.75, 3.05) is 19.6 Å². The van der Waals surface area contributed by atoms with Crippen LogP contribution in [0.4, 0.5) is 0 Å². The van der Waals surface area contributed by atoms with Crippen molar-refractivity contribution in [2.45, 2.75) is 52.2 Å². The maximum absolute atomic E-state index is 12.9. The van der Waals surface area contributed by atoms with Gasteiger partial charge in [-0.1, -0.05) is 13.3 Å². The Hall–Kier alpha value is -1.79. The number of hydrogen-bond acceptors (Lipinski definition) is 5. The number of piperazine rings is 1. The molecule has 1 N–H and O–H groups in total. The average molecular weight is 329 g/mol. The van der Waals surface area contributed by atoms with Crippen LogP contribution in [0.25, 0.3) is 10.9 Å². The van der Waals surface area contributed by atoms with Crippen molar-refractivity contribution in [1.29, 1.82) is 0 Å². The van der Waals surface area contributed by atoms with E-state index in [1.54, 1.807) is 12.4 Å². The van der Waals surface area contributed by atoms with Crippen LogP contribution in [0.2, 0.25) is 0 Å². The van der Waals surface area contributed by atoms with E-state index in [0.29, 0.717) is 18.0 Å². The molecule has 0 radical (unpaired) electrons. The van der Waals surface area contributed by atoms with Crippen LogP contribution in [0.3, 0.4) is 0 Å². The summed E-state index contributed by atoms with van der Waals surface area (Å²) in [7, 11) is 0. The molecule has 0 aromatic carbocycles. The fourth-order valence-electron chi connectivity index (χ4n) is 3.64. The Bertz CT molecular complexity index is 757. The molecule has 3 rings (SSSR count). The van der Waals surface area contributed by atoms with E-state index < -0.39 is 0 Å². The average Bonchev–Trinajstić information content (AvgIpc) is 2.59. The van der Waals surface area contributed by atoms with Crippen molar-refractivity contribution in [2.24, 2.45) is 0 Å². The Morgan fingerprint density at radius 1 is 1.42 bits per heavy atom. The molecule has 0 amide bonds. The molecule has 6 heteroatoms. The van der Waals surface area contributed by atoms with Gasteiger partial charge < -0.3 is 5.32 Å². The zero-order valence-corrected chi connectivity index (χ0v) is 14.8. The van der Waals surface area contributed by atoms with Crippen molar-refractivity contribution in [3.05, 3.63) is 34.6 Å². The molecule has 2 aromatic rings. The van der Waals surface area contributed by atoms with E-state index in [9.17, 15) is 4.79 Å². The Morgan fingerprint density at radius 2 is 2.25 bits per heavy atom. The van der Waals surface area contributed by atoms with Crippen LogP contribution in [0, 0.1) is 0 Å². The topological polar surface area (TPSA) is 63.1 Å². The standard InChI is InChI=1S/C18H27N5O/c1-4-6-16(22-10-9-20-13(3)12-22)17-21-15-7-8-19-11-14(15)18(24)23(17)5-2/h7-8,11,13,16,20H,4-6,9-10,12H2,1-3H3/t13-,16+/m0/s1. The molecule has 1 saturated heterocycles. The van der Waals surface area contributed by atoms with E-state index in [2.05, 4.69) is 29.0 Å². The number of hydrogen-bond donors (Lipinski definition) is 1. The van der Waals surface area contributed by atoms with Crippen molar-refractivity contribution in [1.82, 2.24) is 24.8 Å². The predicted molar refractivity (Wildman–Crippen MR) is 96.2 cm³/mol. The van der Waals surface area contributed by atoms with Gasteiger partial charge >= 0.3 is 0 Å². The summed E-state index contributed by atoms with van der Waals surface area (Å²) in [6, 6.07) is 2.48. The van der Waals surface area contributed by atoms with Crippen LogP contribution >= 0.6 is 0 Å². The first kappa shape index (κ1) is 17.0. The number of nitrogens with one attached hydrogen (secondary N) is 1. The molecule has 0 bridgehead atoms. The first-order valence-electron chi connectivity index (χ1n) is 8.97. The highest BCUT2D eigenvalue weighted by atomic mass is 16.1. The third kappa shape index (κ3) is 3.21. The van der Waals surface area contributed by atoms with Crippen molar-refractivity contribution in [3.8, 4) is 0 Å². The summed E-state index contributed by atoms with van der Waals surface area (Å²) >= 11 is 0. The van der Waals surface area contributed by atoms with Gasteiger partial charge in [0.15, 0.2) is 0 Å². The minimum absolute atomic E-state index is 0.0230. The molecule has 1 aliphatic heterocycles. The molecule has 0 aliphatic carbocycles. The second-order valence-electron chi connectivity index (χ2n) is 6.57. The third-order valence-corrected chi connectivity index (χ3v) is 4.80. The fourth-order valence-corrected chi connectivity index (χ4v) is 3.64. The van der Waals surface area contributed by atoms with Gasteiger partial charge in [-0.05, 0) is 26.3 Å². The molecule has 0 spiro atoms. The molecule has 130 valence electrons. The normalized spacial score (nSPS) is 20.4. The van der Waals surface area contributed by atoms with Crippen LogP contribution < -0.4 is 10.9 Å². The van der Waals surface area contributed by atoms with E-state index in [4.69, 9.17) is 4.98 Å². The highest BCUT2D eigenvalue weighted by Gasteiger charge is 2.28. The molecule has 1 fully saturated rings. The molecular weight excluding hydrogens is 302 g/mol. The second-order valence-corrected chi connectivity index (χ2v) is 6.57. The lowest BCUT2D eigenvalue weighted by Gasteiger charge is -2.38. The minimum atomic E-state index is 0.0230. The Morgan fingerprint density at radius 3 is 2.96 bits per heavy atom. The Balaban J connectivity index is 2.11. The molecule has 0 saturated carbocycles. The third-order valence-electron chi connectivity index (χ3n) is 4.80. The maximum Gasteiger partial charge on any atom is 0.262 e. The molecular formula is C18H27N5O. The fraction of sp³-hybridized carbons (Fsp3) is 0.611. The van der Waals surface area contributed by atoms with Crippen LogP contribution in [-0.4, -0.2) is 45.1 Å². The van der Waals surface area contributed by atoms with Gasteiger partial charge in [0.2, 0.25) is 0 Å². The summed E-state index contributed by atoms with van der Waals surface area (Å²) < 4.78 is 1.83. The van der Waals surface area contributed by atoms with Gasteiger partial charge in [0.1, 0.15) is 5.82 Å². The quantitative estimate of drug-likeness (QED) is 0.908. The first-order chi connectivity index (χ1) is 11.7. The van der Waals surface area contributed by atoms with Crippen molar-refractivity contribution < 1.29 is 0 Å². The molecule has 6 nitrogen and oxygen atoms in total. The number of fused-ring (bicyclic) bond motifs is 1. The van der Waals surface area contributed by atoms with Crippen LogP contribution in [-0.2, 0) is 6.54 Å². The lowest BCUT2D eigenvalue weighted by Crippen LogP contribution is -2.51. The molecule has 0 unspecified atom stereocenters. The summed E-state index contributed by atoms with van der Waals surface area (Å²) in [4.78, 5) is 24.3. The summed E-state index contributed by atoms with van der Waals surface area (Å²) in [5, 5.41) is 4.09. The summed E-state index contributed by atoms with van der Waals surface area (Å²) in [5.41, 5.74) is 0.772. The molecule has 2 aromatic heterocycles. The van der Waals surface area contributed by atoms with Gasteiger partial charge in [0.05, 0.1) is 16.9 Å². The highest BCUT2D eigenvalue weighted by molar-refractivity contribution is 5.76. The molecule has 3 heterocycles. The minimum Gasteiger partial charge on any atom is -0.312 e. The Labute approximate surface area is 142 Å². The SMILES string of the molecule is CCC[C@H](c1nc2ccncc2c(=O)n1CC)N1CCN[C@@H](C)C1. The maximum atomic E-state index is 12.9. The van der Waals surface area contributed by atoms with E-state index >= 15 is 0 Å². The molecule has 2 atom stereocenters.